The minimum absolute atomic E-state index is 0.0475. The topological polar surface area (TPSA) is 215 Å². The van der Waals surface area contributed by atoms with Crippen molar-refractivity contribution < 1.29 is 24.3 Å². The number of aliphatic imine (C=N–C) groups is 1. The second-order valence-electron chi connectivity index (χ2n) is 8.22. The number of hydrogen-bond donors (Lipinski definition) is 7. The summed E-state index contributed by atoms with van der Waals surface area (Å²) in [6.07, 6.45) is 3.11. The van der Waals surface area contributed by atoms with Gasteiger partial charge >= 0.3 is 5.97 Å². The van der Waals surface area contributed by atoms with Crippen molar-refractivity contribution in [2.75, 3.05) is 18.6 Å². The zero-order valence-corrected chi connectivity index (χ0v) is 21.4. The highest BCUT2D eigenvalue weighted by atomic mass is 32.2. The second kappa shape index (κ2) is 16.4. The van der Waals surface area contributed by atoms with Crippen molar-refractivity contribution in [1.82, 2.24) is 16.0 Å². The van der Waals surface area contributed by atoms with E-state index in [1.165, 1.54) is 18.7 Å². The Balaban J connectivity index is 2.93. The van der Waals surface area contributed by atoms with Gasteiger partial charge < -0.3 is 38.3 Å². The molecule has 4 atom stereocenters. The van der Waals surface area contributed by atoms with Crippen molar-refractivity contribution in [3.63, 3.8) is 0 Å². The lowest BCUT2D eigenvalue weighted by Crippen LogP contribution is -2.57. The minimum Gasteiger partial charge on any atom is -0.480 e. The van der Waals surface area contributed by atoms with E-state index >= 15 is 0 Å². The maximum Gasteiger partial charge on any atom is 0.325 e. The third-order valence-electron chi connectivity index (χ3n) is 5.19. The van der Waals surface area contributed by atoms with Crippen LogP contribution in [0, 0.1) is 0 Å². The first-order chi connectivity index (χ1) is 17.0. The van der Waals surface area contributed by atoms with Crippen molar-refractivity contribution >= 4 is 41.4 Å². The predicted octanol–water partition coefficient (Wildman–Crippen LogP) is -1.08. The van der Waals surface area contributed by atoms with Crippen molar-refractivity contribution in [3.8, 4) is 0 Å². The first kappa shape index (κ1) is 30.7. The summed E-state index contributed by atoms with van der Waals surface area (Å²) in [5, 5.41) is 16.9. The summed E-state index contributed by atoms with van der Waals surface area (Å²) in [5.74, 6) is -2.40. The zero-order valence-electron chi connectivity index (χ0n) is 20.6. The molecule has 0 saturated heterocycles. The number of guanidine groups is 1. The van der Waals surface area contributed by atoms with E-state index in [4.69, 9.17) is 22.3 Å². The normalized spacial score (nSPS) is 14.0. The Morgan fingerprint density at radius 1 is 0.972 bits per heavy atom. The van der Waals surface area contributed by atoms with E-state index in [9.17, 15) is 19.2 Å². The van der Waals surface area contributed by atoms with Gasteiger partial charge in [-0.3, -0.25) is 24.2 Å². The second-order valence-corrected chi connectivity index (χ2v) is 9.20. The molecule has 12 nitrogen and oxygen atoms in total. The average Bonchev–Trinajstić information content (AvgIpc) is 2.83. The van der Waals surface area contributed by atoms with Crippen LogP contribution in [-0.4, -0.2) is 77.5 Å². The molecule has 0 aliphatic carbocycles. The van der Waals surface area contributed by atoms with Crippen LogP contribution >= 0.6 is 11.8 Å². The Morgan fingerprint density at radius 3 is 2.17 bits per heavy atom. The quantitative estimate of drug-likeness (QED) is 0.0795. The molecule has 0 bridgehead atoms. The molecule has 0 spiro atoms. The number of carbonyl (C=O) groups excluding carboxylic acids is 3. The van der Waals surface area contributed by atoms with Crippen LogP contribution in [0.5, 0.6) is 0 Å². The minimum atomic E-state index is -1.20. The molecule has 3 amide bonds. The van der Waals surface area contributed by atoms with Crippen molar-refractivity contribution in [1.29, 1.82) is 0 Å². The number of benzene rings is 1. The number of amides is 3. The largest absolute Gasteiger partial charge is 0.480 e. The smallest absolute Gasteiger partial charge is 0.325 e. The number of thioether (sulfide) groups is 1. The molecular formula is C23H37N7O5S. The Labute approximate surface area is 215 Å². The molecule has 0 fully saturated rings. The number of nitrogens with one attached hydrogen (secondary N) is 3. The van der Waals surface area contributed by atoms with Gasteiger partial charge in [0.05, 0.1) is 6.04 Å². The first-order valence-corrected chi connectivity index (χ1v) is 12.9. The van der Waals surface area contributed by atoms with Gasteiger partial charge in [0.25, 0.3) is 0 Å². The summed E-state index contributed by atoms with van der Waals surface area (Å²) < 4.78 is 0. The van der Waals surface area contributed by atoms with Gasteiger partial charge in [0, 0.05) is 13.0 Å². The number of aliphatic carboxylic acids is 1. The van der Waals surface area contributed by atoms with Gasteiger partial charge in [-0.2, -0.15) is 11.8 Å². The fraction of sp³-hybridized carbons (Fsp3) is 0.522. The maximum atomic E-state index is 13.1. The van der Waals surface area contributed by atoms with E-state index < -0.39 is 47.9 Å². The molecule has 0 aliphatic rings. The van der Waals surface area contributed by atoms with Crippen LogP contribution in [0.4, 0.5) is 0 Å². The van der Waals surface area contributed by atoms with Crippen LogP contribution in [0.2, 0.25) is 0 Å². The third kappa shape index (κ3) is 11.9. The molecule has 4 unspecified atom stereocenters. The SMILES string of the molecule is CSCCC(NC(=O)C(N)CCCN=C(N)N)C(=O)NC(Cc1ccccc1)C(=O)NC(C)C(=O)O. The summed E-state index contributed by atoms with van der Waals surface area (Å²) in [7, 11) is 0. The molecule has 13 heteroatoms. The molecule has 36 heavy (non-hydrogen) atoms. The van der Waals surface area contributed by atoms with Gasteiger partial charge in [-0.15, -0.1) is 0 Å². The number of nitrogens with zero attached hydrogens (tertiary/aromatic N) is 1. The summed E-state index contributed by atoms with van der Waals surface area (Å²) in [6.45, 7) is 1.66. The highest BCUT2D eigenvalue weighted by molar-refractivity contribution is 7.98. The fourth-order valence-electron chi connectivity index (χ4n) is 3.14. The number of carbonyl (C=O) groups is 4. The van der Waals surface area contributed by atoms with Crippen LogP contribution in [0.25, 0.3) is 0 Å². The molecule has 1 rings (SSSR count). The van der Waals surface area contributed by atoms with Gasteiger partial charge in [-0.05, 0) is 43.8 Å². The lowest BCUT2D eigenvalue weighted by Gasteiger charge is -2.25. The number of nitrogens with two attached hydrogens (primary N) is 3. The summed E-state index contributed by atoms with van der Waals surface area (Å²) in [6, 6.07) is 4.99. The number of rotatable bonds is 16. The molecule has 0 aromatic heterocycles. The summed E-state index contributed by atoms with van der Waals surface area (Å²) in [4.78, 5) is 53.6. The molecule has 1 aromatic rings. The van der Waals surface area contributed by atoms with Crippen LogP contribution < -0.4 is 33.2 Å². The summed E-state index contributed by atoms with van der Waals surface area (Å²) in [5.41, 5.74) is 17.3. The predicted molar refractivity (Wildman–Crippen MR) is 140 cm³/mol. The van der Waals surface area contributed by atoms with Crippen LogP contribution in [0.3, 0.4) is 0 Å². The Morgan fingerprint density at radius 2 is 1.58 bits per heavy atom. The lowest BCUT2D eigenvalue weighted by molar-refractivity contribution is -0.141. The van der Waals surface area contributed by atoms with Gasteiger partial charge in [-0.25, -0.2) is 0 Å². The molecule has 0 saturated carbocycles. The lowest BCUT2D eigenvalue weighted by atomic mass is 10.0. The average molecular weight is 524 g/mol. The third-order valence-corrected chi connectivity index (χ3v) is 5.84. The standard InChI is InChI=1S/C23H37N7O5S/c1-14(22(34)35)28-21(33)18(13-15-7-4-3-5-8-15)30-20(32)17(10-12-36-2)29-19(31)16(24)9-6-11-27-23(25)26/h3-5,7-8,14,16-18H,6,9-13,24H2,1-2H3,(H,28,33)(H,29,31)(H,30,32)(H,34,35)(H4,25,26,27). The van der Waals surface area contributed by atoms with E-state index in [-0.39, 0.29) is 12.4 Å². The van der Waals surface area contributed by atoms with Gasteiger partial charge in [0.15, 0.2) is 5.96 Å². The van der Waals surface area contributed by atoms with E-state index in [0.717, 1.165) is 5.56 Å². The van der Waals surface area contributed by atoms with Crippen molar-refractivity contribution in [2.24, 2.45) is 22.2 Å². The highest BCUT2D eigenvalue weighted by Crippen LogP contribution is 2.07. The fourth-order valence-corrected chi connectivity index (χ4v) is 3.61. The Kier molecular flexibility index (Phi) is 14.0. The Hall–Kier alpha value is -3.32. The number of carboxylic acids is 1. The van der Waals surface area contributed by atoms with E-state index in [0.29, 0.717) is 31.6 Å². The van der Waals surface area contributed by atoms with Crippen LogP contribution in [0.1, 0.15) is 31.7 Å². The van der Waals surface area contributed by atoms with Crippen molar-refractivity contribution in [3.05, 3.63) is 35.9 Å². The van der Waals surface area contributed by atoms with E-state index in [2.05, 4.69) is 20.9 Å². The molecule has 0 heterocycles. The maximum absolute atomic E-state index is 13.1. The van der Waals surface area contributed by atoms with Gasteiger partial charge in [-0.1, -0.05) is 30.3 Å². The molecule has 10 N–H and O–H groups in total. The molecule has 200 valence electrons. The van der Waals surface area contributed by atoms with Gasteiger partial charge in [0.2, 0.25) is 17.7 Å². The van der Waals surface area contributed by atoms with Crippen molar-refractivity contribution in [2.45, 2.75) is 56.8 Å². The van der Waals surface area contributed by atoms with Crippen LogP contribution in [0.15, 0.2) is 35.3 Å². The van der Waals surface area contributed by atoms with Crippen LogP contribution in [-0.2, 0) is 25.6 Å². The highest BCUT2D eigenvalue weighted by Gasteiger charge is 2.29. The molecule has 1 aromatic carbocycles. The number of hydrogen-bond acceptors (Lipinski definition) is 7. The van der Waals surface area contributed by atoms with E-state index in [1.54, 1.807) is 24.3 Å². The molecule has 0 aliphatic heterocycles. The molecule has 0 radical (unpaired) electrons. The monoisotopic (exact) mass is 523 g/mol. The van der Waals surface area contributed by atoms with Gasteiger partial charge in [0.1, 0.15) is 18.1 Å². The zero-order chi connectivity index (χ0) is 27.1. The first-order valence-electron chi connectivity index (χ1n) is 11.5. The summed E-state index contributed by atoms with van der Waals surface area (Å²) >= 11 is 1.50. The Bertz CT molecular complexity index is 896. The molecular weight excluding hydrogens is 486 g/mol. The number of carboxylic acid groups (broad SMARTS) is 1. The van der Waals surface area contributed by atoms with E-state index in [1.807, 2.05) is 12.3 Å².